The summed E-state index contributed by atoms with van der Waals surface area (Å²) in [5.41, 5.74) is 0. The molecule has 0 fully saturated rings. The molecule has 0 unspecified atom stereocenters. The van der Waals surface area contributed by atoms with Crippen molar-refractivity contribution >= 4 is 11.6 Å². The van der Waals surface area contributed by atoms with Gasteiger partial charge in [0.05, 0.1) is 26.4 Å². The third kappa shape index (κ3) is 7.21. The van der Waals surface area contributed by atoms with Crippen LogP contribution in [0.15, 0.2) is 23.0 Å². The SMILES string of the molecule is CCCCOC1=C(OCCCC)C(OCCCC)=C(OCCCC)C(=O)C1=O. The van der Waals surface area contributed by atoms with Crippen LogP contribution in [0, 0.1) is 0 Å². The number of allylic oxidation sites excluding steroid dienone is 2. The number of carbonyl (C=O) groups excluding carboxylic acids is 2. The molecule has 0 atom stereocenters. The van der Waals surface area contributed by atoms with Crippen LogP contribution in [0.4, 0.5) is 0 Å². The largest absolute Gasteiger partial charge is 0.486 e. The first-order valence-electron chi connectivity index (χ1n) is 10.7. The molecular weight excluding hydrogens is 360 g/mol. The van der Waals surface area contributed by atoms with Gasteiger partial charge < -0.3 is 18.9 Å². The molecule has 0 bridgehead atoms. The normalized spacial score (nSPS) is 14.6. The van der Waals surface area contributed by atoms with Gasteiger partial charge in [-0.15, -0.1) is 0 Å². The van der Waals surface area contributed by atoms with Gasteiger partial charge in [-0.1, -0.05) is 53.4 Å². The fourth-order valence-electron chi connectivity index (χ4n) is 2.42. The van der Waals surface area contributed by atoms with E-state index < -0.39 is 11.6 Å². The number of unbranched alkanes of at least 4 members (excludes halogenated alkanes) is 4. The Kier molecular flexibility index (Phi) is 12.1. The Bertz CT molecular complexity index is 511. The molecule has 0 aromatic heterocycles. The van der Waals surface area contributed by atoms with Crippen LogP contribution < -0.4 is 0 Å². The summed E-state index contributed by atoms with van der Waals surface area (Å²) in [6.07, 6.45) is 6.94. The number of hydrogen-bond acceptors (Lipinski definition) is 6. The first-order chi connectivity index (χ1) is 13.6. The molecule has 0 amide bonds. The zero-order valence-electron chi connectivity index (χ0n) is 17.9. The van der Waals surface area contributed by atoms with Crippen LogP contribution >= 0.6 is 0 Å². The van der Waals surface area contributed by atoms with Crippen LogP contribution in [0.3, 0.4) is 0 Å². The smallest absolute Gasteiger partial charge is 0.275 e. The summed E-state index contributed by atoms with van der Waals surface area (Å²) in [5, 5.41) is 0. The van der Waals surface area contributed by atoms with Crippen molar-refractivity contribution in [2.75, 3.05) is 26.4 Å². The van der Waals surface area contributed by atoms with Gasteiger partial charge in [0, 0.05) is 0 Å². The molecule has 0 radical (unpaired) electrons. The van der Waals surface area contributed by atoms with E-state index in [1.165, 1.54) is 0 Å². The lowest BCUT2D eigenvalue weighted by Gasteiger charge is -2.24. The molecule has 1 rings (SSSR count). The lowest BCUT2D eigenvalue weighted by atomic mass is 10.0. The van der Waals surface area contributed by atoms with Gasteiger partial charge in [0.2, 0.25) is 23.0 Å². The molecule has 0 spiro atoms. The van der Waals surface area contributed by atoms with Gasteiger partial charge in [-0.25, -0.2) is 0 Å². The zero-order chi connectivity index (χ0) is 20.8. The van der Waals surface area contributed by atoms with Crippen LogP contribution in [0.2, 0.25) is 0 Å². The van der Waals surface area contributed by atoms with Crippen molar-refractivity contribution in [3.63, 3.8) is 0 Å². The molecule has 6 heteroatoms. The zero-order valence-corrected chi connectivity index (χ0v) is 17.9. The fourth-order valence-corrected chi connectivity index (χ4v) is 2.42. The standard InChI is InChI=1S/C22H36O6/c1-5-9-13-25-19-17(23)18(24)20(26-14-10-6-2)22(28-16-12-8-4)21(19)27-15-11-7-3/h5-16H2,1-4H3. The quantitative estimate of drug-likeness (QED) is 0.211. The van der Waals surface area contributed by atoms with Crippen LogP contribution in [-0.2, 0) is 28.5 Å². The van der Waals surface area contributed by atoms with E-state index in [9.17, 15) is 9.59 Å². The maximum atomic E-state index is 12.7. The van der Waals surface area contributed by atoms with Gasteiger partial charge in [0.1, 0.15) is 0 Å². The highest BCUT2D eigenvalue weighted by molar-refractivity contribution is 6.49. The van der Waals surface area contributed by atoms with E-state index in [1.54, 1.807) is 0 Å². The molecule has 28 heavy (non-hydrogen) atoms. The van der Waals surface area contributed by atoms with Gasteiger partial charge in [-0.2, -0.15) is 0 Å². The third-order valence-electron chi connectivity index (χ3n) is 4.21. The topological polar surface area (TPSA) is 71.1 Å². The summed E-state index contributed by atoms with van der Waals surface area (Å²) in [5.74, 6) is -1.14. The average Bonchev–Trinajstić information content (AvgIpc) is 2.69. The highest BCUT2D eigenvalue weighted by Gasteiger charge is 2.40. The Hall–Kier alpha value is -1.98. The van der Waals surface area contributed by atoms with E-state index in [2.05, 4.69) is 13.8 Å². The number of hydrogen-bond donors (Lipinski definition) is 0. The Morgan fingerprint density at radius 2 is 0.714 bits per heavy atom. The predicted octanol–water partition coefficient (Wildman–Crippen LogP) is 4.83. The number of ketones is 2. The molecule has 1 aliphatic rings. The first-order valence-corrected chi connectivity index (χ1v) is 10.7. The van der Waals surface area contributed by atoms with Crippen LogP contribution in [0.25, 0.3) is 0 Å². The highest BCUT2D eigenvalue weighted by atomic mass is 16.6. The predicted molar refractivity (Wildman–Crippen MR) is 108 cm³/mol. The number of ether oxygens (including phenoxy) is 4. The summed E-state index contributed by atoms with van der Waals surface area (Å²) < 4.78 is 23.1. The second-order valence-corrected chi connectivity index (χ2v) is 6.78. The van der Waals surface area contributed by atoms with Crippen molar-refractivity contribution in [3.05, 3.63) is 23.0 Å². The van der Waals surface area contributed by atoms with E-state index in [0.29, 0.717) is 26.4 Å². The molecule has 0 aliphatic heterocycles. The van der Waals surface area contributed by atoms with Gasteiger partial charge in [-0.05, 0) is 25.7 Å². The van der Waals surface area contributed by atoms with E-state index in [0.717, 1.165) is 51.4 Å². The number of rotatable bonds is 16. The number of Topliss-reactive ketones (excluding diaryl/α,β-unsaturated/α-hetero) is 2. The van der Waals surface area contributed by atoms with Crippen molar-refractivity contribution in [2.45, 2.75) is 79.1 Å². The summed E-state index contributed by atoms with van der Waals surface area (Å²) in [6, 6.07) is 0. The van der Waals surface area contributed by atoms with Crippen molar-refractivity contribution < 1.29 is 28.5 Å². The van der Waals surface area contributed by atoms with Crippen LogP contribution in [0.5, 0.6) is 0 Å². The molecule has 0 aromatic carbocycles. The molecule has 0 saturated carbocycles. The van der Waals surface area contributed by atoms with E-state index >= 15 is 0 Å². The minimum Gasteiger partial charge on any atom is -0.486 e. The average molecular weight is 397 g/mol. The summed E-state index contributed by atoms with van der Waals surface area (Å²) in [4.78, 5) is 25.4. The molecule has 0 aromatic rings. The van der Waals surface area contributed by atoms with Gasteiger partial charge in [-0.3, -0.25) is 9.59 Å². The fraction of sp³-hybridized carbons (Fsp3) is 0.727. The molecule has 6 nitrogen and oxygen atoms in total. The minimum atomic E-state index is -0.725. The summed E-state index contributed by atoms with van der Waals surface area (Å²) in [6.45, 7) is 9.69. The first kappa shape index (κ1) is 24.1. The second kappa shape index (κ2) is 14.1. The molecule has 0 heterocycles. The maximum Gasteiger partial charge on any atom is 0.275 e. The molecule has 0 N–H and O–H groups in total. The monoisotopic (exact) mass is 396 g/mol. The Morgan fingerprint density at radius 1 is 0.464 bits per heavy atom. The Balaban J connectivity index is 3.26. The van der Waals surface area contributed by atoms with E-state index in [4.69, 9.17) is 18.9 Å². The molecule has 160 valence electrons. The third-order valence-corrected chi connectivity index (χ3v) is 4.21. The highest BCUT2D eigenvalue weighted by Crippen LogP contribution is 2.30. The van der Waals surface area contributed by atoms with Crippen LogP contribution in [0.1, 0.15) is 79.1 Å². The Labute approximate surface area is 169 Å². The van der Waals surface area contributed by atoms with Crippen molar-refractivity contribution in [2.24, 2.45) is 0 Å². The van der Waals surface area contributed by atoms with Gasteiger partial charge in [0.25, 0.3) is 11.6 Å². The molecule has 1 aliphatic carbocycles. The van der Waals surface area contributed by atoms with Crippen molar-refractivity contribution in [3.8, 4) is 0 Å². The van der Waals surface area contributed by atoms with E-state index in [1.807, 2.05) is 13.8 Å². The van der Waals surface area contributed by atoms with Crippen molar-refractivity contribution in [1.82, 2.24) is 0 Å². The summed E-state index contributed by atoms with van der Waals surface area (Å²) in [7, 11) is 0. The Morgan fingerprint density at radius 3 is 0.964 bits per heavy atom. The number of carbonyl (C=O) groups is 2. The van der Waals surface area contributed by atoms with Crippen LogP contribution in [-0.4, -0.2) is 38.0 Å². The second-order valence-electron chi connectivity index (χ2n) is 6.78. The van der Waals surface area contributed by atoms with Crippen molar-refractivity contribution in [1.29, 1.82) is 0 Å². The maximum absolute atomic E-state index is 12.7. The lowest BCUT2D eigenvalue weighted by molar-refractivity contribution is -0.137. The minimum absolute atomic E-state index is 0.0520. The van der Waals surface area contributed by atoms with E-state index in [-0.39, 0.29) is 23.0 Å². The molecular formula is C22H36O6. The molecule has 0 saturated heterocycles. The van der Waals surface area contributed by atoms with Gasteiger partial charge >= 0.3 is 0 Å². The van der Waals surface area contributed by atoms with Gasteiger partial charge in [0.15, 0.2) is 0 Å². The summed E-state index contributed by atoms with van der Waals surface area (Å²) >= 11 is 0. The lowest BCUT2D eigenvalue weighted by Crippen LogP contribution is -2.31.